The molecule has 0 aliphatic rings. The summed E-state index contributed by atoms with van der Waals surface area (Å²) in [5.41, 5.74) is 0. The largest absolute Gasteiger partial charge is 0.487 e. The minimum atomic E-state index is -1.62. The van der Waals surface area contributed by atoms with Gasteiger partial charge in [-0.2, -0.15) is 8.78 Å². The lowest BCUT2D eigenvalue weighted by Gasteiger charge is -2.12. The fourth-order valence-corrected chi connectivity index (χ4v) is 3.11. The molecule has 0 radical (unpaired) electrons. The molecule has 1 aromatic carbocycles. The van der Waals surface area contributed by atoms with E-state index in [2.05, 4.69) is 21.2 Å². The van der Waals surface area contributed by atoms with Crippen LogP contribution in [0, 0.1) is 23.3 Å². The fourth-order valence-electron chi connectivity index (χ4n) is 2.63. The average Bonchev–Trinajstić information content (AvgIpc) is 2.69. The van der Waals surface area contributed by atoms with Crippen molar-refractivity contribution in [3.63, 3.8) is 0 Å². The normalized spacial score (nSPS) is 11.2. The smallest absolute Gasteiger partial charge is 0.205 e. The van der Waals surface area contributed by atoms with Crippen molar-refractivity contribution in [1.82, 2.24) is 0 Å². The van der Waals surface area contributed by atoms with Gasteiger partial charge in [0.15, 0.2) is 17.4 Å². The van der Waals surface area contributed by atoms with Crippen molar-refractivity contribution in [2.45, 2.75) is 76.0 Å². The number of benzene rings is 1. The van der Waals surface area contributed by atoms with Crippen molar-refractivity contribution in [2.75, 3.05) is 13.7 Å². The zero-order valence-corrected chi connectivity index (χ0v) is 17.1. The number of ether oxygens (including phenoxy) is 1. The quantitative estimate of drug-likeness (QED) is 0.0703. The fraction of sp³-hybridized carbons (Fsp3) is 0.684. The van der Waals surface area contributed by atoms with Gasteiger partial charge in [-0.05, 0) is 6.42 Å². The van der Waals surface area contributed by atoms with Crippen molar-refractivity contribution in [1.29, 1.82) is 0 Å². The Labute approximate surface area is 167 Å². The average molecular weight is 428 g/mol. The molecule has 0 bridgehead atoms. The highest BCUT2D eigenvalue weighted by atomic mass is 32.2. The Morgan fingerprint density at radius 2 is 1.21 bits per heavy atom. The van der Waals surface area contributed by atoms with E-state index in [-0.39, 0.29) is 18.6 Å². The number of hydrogen-bond acceptors (Lipinski definition) is 5. The Bertz CT molecular complexity index is 546. The van der Waals surface area contributed by atoms with E-state index in [1.807, 2.05) is 0 Å². The van der Waals surface area contributed by atoms with Gasteiger partial charge in [-0.1, -0.05) is 69.7 Å². The monoisotopic (exact) mass is 428 g/mol. The standard InChI is InChI=1S/C19H28F4O4S/c1-3-4-5-6-7-8-9-10-11-12-13-25-18-14(20)16(22)19(17(23)15(18)21)28-27-26-24-2/h3-13H2,1-2H3. The van der Waals surface area contributed by atoms with Crippen LogP contribution >= 0.6 is 12.0 Å². The van der Waals surface area contributed by atoms with Gasteiger partial charge in [-0.25, -0.2) is 13.7 Å². The first kappa shape index (κ1) is 25.0. The Morgan fingerprint density at radius 1 is 0.714 bits per heavy atom. The van der Waals surface area contributed by atoms with Crippen molar-refractivity contribution < 1.29 is 36.6 Å². The van der Waals surface area contributed by atoms with Crippen LogP contribution in [0.25, 0.3) is 0 Å². The third-order valence-electron chi connectivity index (χ3n) is 4.14. The summed E-state index contributed by atoms with van der Waals surface area (Å²) in [5.74, 6) is -7.55. The van der Waals surface area contributed by atoms with Crippen molar-refractivity contribution in [3.8, 4) is 5.75 Å². The van der Waals surface area contributed by atoms with E-state index in [4.69, 9.17) is 4.74 Å². The van der Waals surface area contributed by atoms with Crippen LogP contribution in [-0.2, 0) is 14.3 Å². The molecule has 28 heavy (non-hydrogen) atoms. The van der Waals surface area contributed by atoms with Crippen LogP contribution in [0.2, 0.25) is 0 Å². The van der Waals surface area contributed by atoms with Gasteiger partial charge in [0.2, 0.25) is 11.6 Å². The van der Waals surface area contributed by atoms with Crippen molar-refractivity contribution in [2.24, 2.45) is 0 Å². The van der Waals surface area contributed by atoms with Gasteiger partial charge in [0, 0.05) is 0 Å². The molecule has 0 aliphatic heterocycles. The van der Waals surface area contributed by atoms with Crippen LogP contribution in [0.1, 0.15) is 71.1 Å². The first-order chi connectivity index (χ1) is 13.5. The minimum absolute atomic E-state index is 0.0288. The van der Waals surface area contributed by atoms with Gasteiger partial charge in [-0.15, -0.1) is 4.33 Å². The predicted molar refractivity (Wildman–Crippen MR) is 98.6 cm³/mol. The summed E-state index contributed by atoms with van der Waals surface area (Å²) in [7, 11) is 1.08. The lowest BCUT2D eigenvalue weighted by Crippen LogP contribution is -2.07. The Morgan fingerprint density at radius 3 is 1.71 bits per heavy atom. The zero-order chi connectivity index (χ0) is 20.8. The van der Waals surface area contributed by atoms with E-state index in [1.165, 1.54) is 32.1 Å². The highest BCUT2D eigenvalue weighted by molar-refractivity contribution is 7.94. The van der Waals surface area contributed by atoms with Crippen molar-refractivity contribution in [3.05, 3.63) is 23.3 Å². The van der Waals surface area contributed by atoms with Crippen molar-refractivity contribution >= 4 is 12.0 Å². The molecule has 0 N–H and O–H groups in total. The Kier molecular flexibility index (Phi) is 13.3. The predicted octanol–water partition coefficient (Wildman–Crippen LogP) is 7.06. The Hall–Kier alpha value is -1.03. The molecule has 9 heteroatoms. The molecule has 0 unspecified atom stereocenters. The molecule has 0 aromatic heterocycles. The molecule has 1 rings (SSSR count). The van der Waals surface area contributed by atoms with E-state index in [9.17, 15) is 17.6 Å². The third kappa shape index (κ3) is 8.55. The Balaban J connectivity index is 2.36. The molecular formula is C19H28F4O4S. The summed E-state index contributed by atoms with van der Waals surface area (Å²) in [6, 6.07) is 0. The maximum absolute atomic E-state index is 14.0. The van der Waals surface area contributed by atoms with Gasteiger partial charge >= 0.3 is 0 Å². The van der Waals surface area contributed by atoms with Gasteiger partial charge in [-0.3, -0.25) is 0 Å². The van der Waals surface area contributed by atoms with Crippen LogP contribution < -0.4 is 4.74 Å². The molecule has 0 saturated carbocycles. The summed E-state index contributed by atoms with van der Waals surface area (Å²) in [5, 5.41) is 3.95. The number of rotatable bonds is 16. The van der Waals surface area contributed by atoms with E-state index in [0.717, 1.165) is 32.8 Å². The second-order valence-electron chi connectivity index (χ2n) is 6.33. The number of halogens is 4. The van der Waals surface area contributed by atoms with Gasteiger partial charge in [0.1, 0.15) is 4.90 Å². The molecule has 0 aliphatic carbocycles. The summed E-state index contributed by atoms with van der Waals surface area (Å²) in [4.78, 5) is 3.02. The summed E-state index contributed by atoms with van der Waals surface area (Å²) in [6.45, 7) is 2.15. The van der Waals surface area contributed by atoms with Gasteiger partial charge in [0.05, 0.1) is 25.8 Å². The SMILES string of the molecule is CCCCCCCCCCCCOc1c(F)c(F)c(SOOOC)c(F)c1F. The summed E-state index contributed by atoms with van der Waals surface area (Å²) < 4.78 is 64.9. The van der Waals surface area contributed by atoms with Crippen LogP contribution in [-0.4, -0.2) is 13.7 Å². The second kappa shape index (κ2) is 14.9. The lowest BCUT2D eigenvalue weighted by molar-refractivity contribution is -0.447. The third-order valence-corrected chi connectivity index (χ3v) is 4.79. The molecule has 0 amide bonds. The van der Waals surface area contributed by atoms with Crippen LogP contribution in [0.4, 0.5) is 17.6 Å². The summed E-state index contributed by atoms with van der Waals surface area (Å²) in [6.07, 6.45) is 10.9. The van der Waals surface area contributed by atoms with E-state index in [1.54, 1.807) is 0 Å². The maximum atomic E-state index is 14.0. The number of unbranched alkanes of at least 4 members (excludes halogenated alkanes) is 9. The zero-order valence-electron chi connectivity index (χ0n) is 16.3. The molecule has 4 nitrogen and oxygen atoms in total. The first-order valence-corrected chi connectivity index (χ1v) is 10.3. The molecule has 162 valence electrons. The van der Waals surface area contributed by atoms with Crippen LogP contribution in [0.15, 0.2) is 4.90 Å². The van der Waals surface area contributed by atoms with Crippen LogP contribution in [0.5, 0.6) is 5.75 Å². The molecule has 0 spiro atoms. The van der Waals surface area contributed by atoms with E-state index >= 15 is 0 Å². The molecule has 1 aromatic rings. The maximum Gasteiger partial charge on any atom is 0.205 e. The highest BCUT2D eigenvalue weighted by Gasteiger charge is 2.28. The van der Waals surface area contributed by atoms with E-state index in [0.29, 0.717) is 6.42 Å². The highest BCUT2D eigenvalue weighted by Crippen LogP contribution is 2.35. The first-order valence-electron chi connectivity index (χ1n) is 9.57. The molecular weight excluding hydrogens is 400 g/mol. The molecule has 0 atom stereocenters. The lowest BCUT2D eigenvalue weighted by atomic mass is 10.1. The van der Waals surface area contributed by atoms with Gasteiger partial charge in [0.25, 0.3) is 0 Å². The minimum Gasteiger partial charge on any atom is -0.487 e. The van der Waals surface area contributed by atoms with E-state index < -0.39 is 33.9 Å². The molecule has 0 saturated heterocycles. The number of hydrogen-bond donors (Lipinski definition) is 0. The second-order valence-corrected chi connectivity index (χ2v) is 7.04. The van der Waals surface area contributed by atoms with Gasteiger partial charge < -0.3 is 4.74 Å². The molecule has 0 fully saturated rings. The summed E-state index contributed by atoms with van der Waals surface area (Å²) >= 11 is -0.0520. The topological polar surface area (TPSA) is 36.9 Å². The molecule has 0 heterocycles. The van der Waals surface area contributed by atoms with Crippen LogP contribution in [0.3, 0.4) is 0 Å².